The SMILES string of the molecule is O=C(O)c1ccc(Cn2ccnc2-c2ccc(F)cc2F)cc1. The number of halogens is 2. The van der Waals surface area contributed by atoms with E-state index in [4.69, 9.17) is 5.11 Å². The van der Waals surface area contributed by atoms with Crippen molar-refractivity contribution in [3.05, 3.63) is 77.6 Å². The Labute approximate surface area is 130 Å². The molecule has 1 aromatic heterocycles. The molecule has 0 fully saturated rings. The second kappa shape index (κ2) is 6.00. The van der Waals surface area contributed by atoms with Gasteiger partial charge in [0.25, 0.3) is 0 Å². The summed E-state index contributed by atoms with van der Waals surface area (Å²) in [6.45, 7) is 0.395. The van der Waals surface area contributed by atoms with Crippen molar-refractivity contribution in [2.24, 2.45) is 0 Å². The Morgan fingerprint density at radius 3 is 2.52 bits per heavy atom. The van der Waals surface area contributed by atoms with E-state index in [9.17, 15) is 13.6 Å². The van der Waals surface area contributed by atoms with Crippen LogP contribution >= 0.6 is 0 Å². The van der Waals surface area contributed by atoms with E-state index < -0.39 is 17.6 Å². The summed E-state index contributed by atoms with van der Waals surface area (Å²) >= 11 is 0. The number of imidazole rings is 1. The summed E-state index contributed by atoms with van der Waals surface area (Å²) in [4.78, 5) is 15.0. The summed E-state index contributed by atoms with van der Waals surface area (Å²) in [5, 5.41) is 8.89. The summed E-state index contributed by atoms with van der Waals surface area (Å²) in [6, 6.07) is 9.73. The predicted octanol–water partition coefficient (Wildman–Crippen LogP) is 3.57. The number of benzene rings is 2. The average molecular weight is 314 g/mol. The molecule has 0 aliphatic heterocycles. The molecule has 0 aliphatic carbocycles. The van der Waals surface area contributed by atoms with Gasteiger partial charge in [-0.25, -0.2) is 18.6 Å². The Kier molecular flexibility index (Phi) is 3.89. The lowest BCUT2D eigenvalue weighted by atomic mass is 10.1. The zero-order valence-electron chi connectivity index (χ0n) is 11.9. The highest BCUT2D eigenvalue weighted by molar-refractivity contribution is 5.87. The molecule has 6 heteroatoms. The van der Waals surface area contributed by atoms with Crippen LogP contribution in [-0.4, -0.2) is 20.6 Å². The van der Waals surface area contributed by atoms with Crippen molar-refractivity contribution in [2.75, 3.05) is 0 Å². The van der Waals surface area contributed by atoms with Crippen molar-refractivity contribution in [3.8, 4) is 11.4 Å². The van der Waals surface area contributed by atoms with Gasteiger partial charge in [-0.1, -0.05) is 12.1 Å². The number of nitrogens with zero attached hydrogens (tertiary/aromatic N) is 2. The molecule has 116 valence electrons. The first-order valence-electron chi connectivity index (χ1n) is 6.83. The summed E-state index contributed by atoms with van der Waals surface area (Å²) in [5.74, 6) is -1.94. The largest absolute Gasteiger partial charge is 0.478 e. The van der Waals surface area contributed by atoms with Gasteiger partial charge in [0, 0.05) is 25.0 Å². The maximum absolute atomic E-state index is 13.9. The standard InChI is InChI=1S/C17H12F2N2O2/c18-13-5-6-14(15(19)9-13)16-20-7-8-21(16)10-11-1-3-12(4-2-11)17(22)23/h1-9H,10H2,(H,22,23). The van der Waals surface area contributed by atoms with Crippen molar-refractivity contribution in [3.63, 3.8) is 0 Å². The Morgan fingerprint density at radius 1 is 1.13 bits per heavy atom. The van der Waals surface area contributed by atoms with Gasteiger partial charge < -0.3 is 9.67 Å². The van der Waals surface area contributed by atoms with E-state index in [0.717, 1.165) is 11.6 Å². The first kappa shape index (κ1) is 14.9. The molecule has 0 atom stereocenters. The Bertz CT molecular complexity index is 857. The molecule has 3 rings (SSSR count). The van der Waals surface area contributed by atoms with Crippen molar-refractivity contribution in [1.82, 2.24) is 9.55 Å². The van der Waals surface area contributed by atoms with E-state index in [1.807, 2.05) is 0 Å². The molecular formula is C17H12F2N2O2. The molecule has 0 unspecified atom stereocenters. The van der Waals surface area contributed by atoms with Gasteiger partial charge >= 0.3 is 5.97 Å². The number of carboxylic acid groups (broad SMARTS) is 1. The Morgan fingerprint density at radius 2 is 1.87 bits per heavy atom. The van der Waals surface area contributed by atoms with E-state index in [0.29, 0.717) is 12.4 Å². The van der Waals surface area contributed by atoms with Crippen LogP contribution in [0.25, 0.3) is 11.4 Å². The zero-order valence-corrected chi connectivity index (χ0v) is 11.9. The van der Waals surface area contributed by atoms with E-state index in [1.165, 1.54) is 30.5 Å². The minimum Gasteiger partial charge on any atom is -0.478 e. The van der Waals surface area contributed by atoms with Crippen molar-refractivity contribution in [2.45, 2.75) is 6.54 Å². The van der Waals surface area contributed by atoms with Crippen LogP contribution in [0.4, 0.5) is 8.78 Å². The van der Waals surface area contributed by atoms with E-state index in [1.54, 1.807) is 22.9 Å². The monoisotopic (exact) mass is 314 g/mol. The first-order chi connectivity index (χ1) is 11.0. The maximum Gasteiger partial charge on any atom is 0.335 e. The third-order valence-corrected chi connectivity index (χ3v) is 3.44. The first-order valence-corrected chi connectivity index (χ1v) is 6.83. The van der Waals surface area contributed by atoms with E-state index >= 15 is 0 Å². The van der Waals surface area contributed by atoms with Crippen LogP contribution in [0, 0.1) is 11.6 Å². The fourth-order valence-electron chi connectivity index (χ4n) is 2.30. The van der Waals surface area contributed by atoms with Crippen LogP contribution in [0.3, 0.4) is 0 Å². The van der Waals surface area contributed by atoms with Gasteiger partial charge in [0.15, 0.2) is 0 Å². The summed E-state index contributed by atoms with van der Waals surface area (Å²) < 4.78 is 28.7. The quantitative estimate of drug-likeness (QED) is 0.801. The molecular weight excluding hydrogens is 302 g/mol. The van der Waals surface area contributed by atoms with Gasteiger partial charge in [-0.05, 0) is 29.8 Å². The average Bonchev–Trinajstić information content (AvgIpc) is 2.96. The normalized spacial score (nSPS) is 10.7. The molecule has 4 nitrogen and oxygen atoms in total. The van der Waals surface area contributed by atoms with Gasteiger partial charge in [0.1, 0.15) is 17.5 Å². The number of carbonyl (C=O) groups is 1. The fourth-order valence-corrected chi connectivity index (χ4v) is 2.30. The Hall–Kier alpha value is -3.02. The van der Waals surface area contributed by atoms with Crippen LogP contribution in [-0.2, 0) is 6.54 Å². The summed E-state index contributed by atoms with van der Waals surface area (Å²) in [7, 11) is 0. The lowest BCUT2D eigenvalue weighted by Crippen LogP contribution is -2.03. The molecule has 0 saturated carbocycles. The lowest BCUT2D eigenvalue weighted by Gasteiger charge is -2.09. The molecule has 0 radical (unpaired) electrons. The van der Waals surface area contributed by atoms with Crippen LogP contribution in [0.1, 0.15) is 15.9 Å². The maximum atomic E-state index is 13.9. The molecule has 1 N–H and O–H groups in total. The topological polar surface area (TPSA) is 55.1 Å². The van der Waals surface area contributed by atoms with Crippen LogP contribution in [0.2, 0.25) is 0 Å². The number of hydrogen-bond donors (Lipinski definition) is 1. The van der Waals surface area contributed by atoms with Gasteiger partial charge in [0.2, 0.25) is 0 Å². The molecule has 23 heavy (non-hydrogen) atoms. The van der Waals surface area contributed by atoms with Crippen molar-refractivity contribution in [1.29, 1.82) is 0 Å². The Balaban J connectivity index is 1.90. The highest BCUT2D eigenvalue weighted by atomic mass is 19.1. The molecule has 3 aromatic rings. The van der Waals surface area contributed by atoms with Crippen molar-refractivity contribution < 1.29 is 18.7 Å². The molecule has 0 spiro atoms. The number of rotatable bonds is 4. The molecule has 1 heterocycles. The molecule has 0 amide bonds. The van der Waals surface area contributed by atoms with Crippen LogP contribution in [0.5, 0.6) is 0 Å². The number of carboxylic acids is 1. The third kappa shape index (κ3) is 3.11. The highest BCUT2D eigenvalue weighted by Crippen LogP contribution is 2.22. The molecule has 0 saturated heterocycles. The second-order valence-electron chi connectivity index (χ2n) is 5.00. The predicted molar refractivity (Wildman–Crippen MR) is 80.1 cm³/mol. The number of hydrogen-bond acceptors (Lipinski definition) is 2. The van der Waals surface area contributed by atoms with Crippen LogP contribution in [0.15, 0.2) is 54.9 Å². The van der Waals surface area contributed by atoms with Gasteiger partial charge in [-0.15, -0.1) is 0 Å². The molecule has 2 aromatic carbocycles. The minimum atomic E-state index is -0.992. The minimum absolute atomic E-state index is 0.198. The van der Waals surface area contributed by atoms with Crippen LogP contribution < -0.4 is 0 Å². The van der Waals surface area contributed by atoms with Gasteiger partial charge in [0.05, 0.1) is 11.1 Å². The molecule has 0 bridgehead atoms. The fraction of sp³-hybridized carbons (Fsp3) is 0.0588. The van der Waals surface area contributed by atoms with E-state index in [2.05, 4.69) is 4.98 Å². The van der Waals surface area contributed by atoms with Crippen molar-refractivity contribution >= 4 is 5.97 Å². The smallest absolute Gasteiger partial charge is 0.335 e. The van der Waals surface area contributed by atoms with Gasteiger partial charge in [-0.2, -0.15) is 0 Å². The summed E-state index contributed by atoms with van der Waals surface area (Å²) in [6.07, 6.45) is 3.22. The molecule has 0 aliphatic rings. The van der Waals surface area contributed by atoms with Gasteiger partial charge in [-0.3, -0.25) is 0 Å². The lowest BCUT2D eigenvalue weighted by molar-refractivity contribution is 0.0697. The zero-order chi connectivity index (χ0) is 16.4. The third-order valence-electron chi connectivity index (χ3n) is 3.44. The van der Waals surface area contributed by atoms with E-state index in [-0.39, 0.29) is 11.1 Å². The number of aromatic carboxylic acids is 1. The highest BCUT2D eigenvalue weighted by Gasteiger charge is 2.12. The second-order valence-corrected chi connectivity index (χ2v) is 5.00. The number of aromatic nitrogens is 2. The summed E-state index contributed by atoms with van der Waals surface area (Å²) in [5.41, 5.74) is 1.25.